The molecular formula is C12H14N2O4. The highest BCUT2D eigenvalue weighted by atomic mass is 16.4. The van der Waals surface area contributed by atoms with Crippen molar-refractivity contribution in [2.45, 2.75) is 32.7 Å². The van der Waals surface area contributed by atoms with Crippen molar-refractivity contribution in [1.82, 2.24) is 4.57 Å². The standard InChI is InChI=1S/C12H14N2O4/c1-12(2,3)8-4-9(15)14(6-10(16)17)11(18)7(8)5-13/h4,18H,6H2,1-3H3,(H,16,17). The molecule has 1 aromatic rings. The third-order valence-corrected chi connectivity index (χ3v) is 2.50. The van der Waals surface area contributed by atoms with Crippen LogP contribution < -0.4 is 5.56 Å². The van der Waals surface area contributed by atoms with E-state index in [0.29, 0.717) is 10.1 Å². The zero-order valence-corrected chi connectivity index (χ0v) is 10.4. The molecule has 0 saturated carbocycles. The minimum atomic E-state index is -1.26. The van der Waals surface area contributed by atoms with Gasteiger partial charge in [0.15, 0.2) is 0 Å². The number of carbonyl (C=O) groups is 1. The first-order valence-electron chi connectivity index (χ1n) is 5.27. The van der Waals surface area contributed by atoms with Gasteiger partial charge in [0.1, 0.15) is 18.2 Å². The quantitative estimate of drug-likeness (QED) is 0.808. The fourth-order valence-corrected chi connectivity index (χ4v) is 1.62. The number of nitrogens with zero attached hydrogens (tertiary/aromatic N) is 2. The highest BCUT2D eigenvalue weighted by Gasteiger charge is 2.24. The second kappa shape index (κ2) is 4.53. The van der Waals surface area contributed by atoms with Gasteiger partial charge in [-0.3, -0.25) is 14.2 Å². The second-order valence-electron chi connectivity index (χ2n) is 4.94. The van der Waals surface area contributed by atoms with Gasteiger partial charge in [-0.2, -0.15) is 5.26 Å². The summed E-state index contributed by atoms with van der Waals surface area (Å²) in [6.07, 6.45) is 0. The molecule has 0 atom stereocenters. The third kappa shape index (κ3) is 2.51. The summed E-state index contributed by atoms with van der Waals surface area (Å²) in [5.74, 6) is -1.86. The van der Waals surface area contributed by atoms with E-state index < -0.39 is 29.4 Å². The van der Waals surface area contributed by atoms with Crippen LogP contribution in [0.3, 0.4) is 0 Å². The first-order chi connectivity index (χ1) is 8.18. The summed E-state index contributed by atoms with van der Waals surface area (Å²) in [6, 6.07) is 3.00. The Kier molecular flexibility index (Phi) is 3.47. The number of aromatic hydroxyl groups is 1. The Morgan fingerprint density at radius 2 is 2.06 bits per heavy atom. The maximum absolute atomic E-state index is 11.7. The van der Waals surface area contributed by atoms with E-state index in [9.17, 15) is 14.7 Å². The molecule has 1 heterocycles. The lowest BCUT2D eigenvalue weighted by atomic mass is 9.84. The highest BCUT2D eigenvalue weighted by Crippen LogP contribution is 2.28. The Bertz CT molecular complexity index is 588. The number of carboxylic acids is 1. The van der Waals surface area contributed by atoms with Crippen LogP contribution in [0.2, 0.25) is 0 Å². The molecular weight excluding hydrogens is 236 g/mol. The molecule has 0 saturated heterocycles. The largest absolute Gasteiger partial charge is 0.493 e. The van der Waals surface area contributed by atoms with E-state index in [0.717, 1.165) is 0 Å². The molecule has 0 fully saturated rings. The van der Waals surface area contributed by atoms with E-state index in [4.69, 9.17) is 10.4 Å². The van der Waals surface area contributed by atoms with E-state index in [1.807, 2.05) is 6.07 Å². The van der Waals surface area contributed by atoms with Crippen molar-refractivity contribution in [3.63, 3.8) is 0 Å². The molecule has 6 heteroatoms. The van der Waals surface area contributed by atoms with Gasteiger partial charge in [0, 0.05) is 6.07 Å². The average molecular weight is 250 g/mol. The summed E-state index contributed by atoms with van der Waals surface area (Å²) in [5, 5.41) is 27.5. The molecule has 18 heavy (non-hydrogen) atoms. The minimum absolute atomic E-state index is 0.0663. The fourth-order valence-electron chi connectivity index (χ4n) is 1.62. The first-order valence-corrected chi connectivity index (χ1v) is 5.27. The maximum Gasteiger partial charge on any atom is 0.323 e. The Balaban J connectivity index is 3.62. The van der Waals surface area contributed by atoms with Crippen LogP contribution in [0.15, 0.2) is 10.9 Å². The van der Waals surface area contributed by atoms with Crippen molar-refractivity contribution < 1.29 is 15.0 Å². The lowest BCUT2D eigenvalue weighted by Crippen LogP contribution is -2.27. The minimum Gasteiger partial charge on any atom is -0.493 e. The predicted octanol–water partition coefficient (Wildman–Crippen LogP) is 0.808. The van der Waals surface area contributed by atoms with Crippen molar-refractivity contribution in [3.8, 4) is 11.9 Å². The molecule has 0 aliphatic heterocycles. The van der Waals surface area contributed by atoms with Crippen molar-refractivity contribution in [3.05, 3.63) is 27.5 Å². The third-order valence-electron chi connectivity index (χ3n) is 2.50. The van der Waals surface area contributed by atoms with Gasteiger partial charge in [-0.1, -0.05) is 20.8 Å². The van der Waals surface area contributed by atoms with Gasteiger partial charge in [-0.25, -0.2) is 0 Å². The van der Waals surface area contributed by atoms with Crippen molar-refractivity contribution in [2.75, 3.05) is 0 Å². The van der Waals surface area contributed by atoms with Crippen LogP contribution in [0.1, 0.15) is 31.9 Å². The zero-order chi connectivity index (χ0) is 14.1. The summed E-state index contributed by atoms with van der Waals surface area (Å²) < 4.78 is 0.663. The van der Waals surface area contributed by atoms with Gasteiger partial charge in [-0.15, -0.1) is 0 Å². The van der Waals surface area contributed by atoms with Gasteiger partial charge in [0.05, 0.1) is 0 Å². The molecule has 2 N–H and O–H groups in total. The molecule has 0 bridgehead atoms. The molecule has 0 unspecified atom stereocenters. The molecule has 0 radical (unpaired) electrons. The van der Waals surface area contributed by atoms with Gasteiger partial charge in [0.25, 0.3) is 5.56 Å². The Hall–Kier alpha value is -2.29. The van der Waals surface area contributed by atoms with Gasteiger partial charge in [0.2, 0.25) is 5.88 Å². The smallest absolute Gasteiger partial charge is 0.323 e. The summed E-state index contributed by atoms with van der Waals surface area (Å²) >= 11 is 0. The van der Waals surface area contributed by atoms with E-state index in [-0.39, 0.29) is 5.56 Å². The van der Waals surface area contributed by atoms with Crippen LogP contribution in [0.5, 0.6) is 5.88 Å². The SMILES string of the molecule is CC(C)(C)c1cc(=O)n(CC(=O)O)c(O)c1C#N. The molecule has 96 valence electrons. The molecule has 0 spiro atoms. The van der Waals surface area contributed by atoms with Gasteiger partial charge < -0.3 is 10.2 Å². The monoisotopic (exact) mass is 250 g/mol. The lowest BCUT2D eigenvalue weighted by molar-refractivity contribution is -0.137. The van der Waals surface area contributed by atoms with Crippen LogP contribution >= 0.6 is 0 Å². The number of carboxylic acid groups (broad SMARTS) is 1. The van der Waals surface area contributed by atoms with Crippen LogP contribution in [-0.2, 0) is 16.8 Å². The van der Waals surface area contributed by atoms with E-state index >= 15 is 0 Å². The lowest BCUT2D eigenvalue weighted by Gasteiger charge is -2.21. The summed E-state index contributed by atoms with van der Waals surface area (Å²) in [4.78, 5) is 22.3. The average Bonchev–Trinajstić information content (AvgIpc) is 2.22. The summed E-state index contributed by atoms with van der Waals surface area (Å²) in [5.41, 5.74) is -0.805. The molecule has 1 rings (SSSR count). The van der Waals surface area contributed by atoms with Crippen molar-refractivity contribution in [1.29, 1.82) is 5.26 Å². The molecule has 1 aromatic heterocycles. The van der Waals surface area contributed by atoms with Crippen molar-refractivity contribution in [2.24, 2.45) is 0 Å². The van der Waals surface area contributed by atoms with E-state index in [1.165, 1.54) is 6.07 Å². The normalized spacial score (nSPS) is 11.0. The summed E-state index contributed by atoms with van der Waals surface area (Å²) in [7, 11) is 0. The number of aliphatic carboxylic acids is 1. The van der Waals surface area contributed by atoms with E-state index in [1.54, 1.807) is 20.8 Å². The molecule has 0 amide bonds. The fraction of sp³-hybridized carbons (Fsp3) is 0.417. The number of rotatable bonds is 2. The molecule has 0 aromatic carbocycles. The highest BCUT2D eigenvalue weighted by molar-refractivity contribution is 5.67. The number of pyridine rings is 1. The number of hydrogen-bond acceptors (Lipinski definition) is 4. The number of aromatic nitrogens is 1. The van der Waals surface area contributed by atoms with Crippen LogP contribution in [0, 0.1) is 11.3 Å². The van der Waals surface area contributed by atoms with Crippen LogP contribution in [0.25, 0.3) is 0 Å². The van der Waals surface area contributed by atoms with Crippen LogP contribution in [0.4, 0.5) is 0 Å². The maximum atomic E-state index is 11.7. The molecule has 6 nitrogen and oxygen atoms in total. The predicted molar refractivity (Wildman–Crippen MR) is 63.4 cm³/mol. The van der Waals surface area contributed by atoms with Crippen molar-refractivity contribution >= 4 is 5.97 Å². The first kappa shape index (κ1) is 13.8. The second-order valence-corrected chi connectivity index (χ2v) is 4.94. The number of hydrogen-bond donors (Lipinski definition) is 2. The summed E-state index contributed by atoms with van der Waals surface area (Å²) in [6.45, 7) is 4.71. The Labute approximate surface area is 104 Å². The van der Waals surface area contributed by atoms with Gasteiger partial charge in [-0.05, 0) is 11.0 Å². The zero-order valence-electron chi connectivity index (χ0n) is 10.4. The number of nitriles is 1. The molecule has 0 aliphatic rings. The van der Waals surface area contributed by atoms with Crippen LogP contribution in [-0.4, -0.2) is 20.7 Å². The molecule has 0 aliphatic carbocycles. The van der Waals surface area contributed by atoms with Gasteiger partial charge >= 0.3 is 5.97 Å². The van der Waals surface area contributed by atoms with E-state index in [2.05, 4.69) is 0 Å². The Morgan fingerprint density at radius 3 is 2.44 bits per heavy atom. The Morgan fingerprint density at radius 1 is 1.50 bits per heavy atom. The topological polar surface area (TPSA) is 103 Å².